The number of para-hydroxylation sites is 1. The lowest BCUT2D eigenvalue weighted by Crippen LogP contribution is -2.27. The number of hydrogen-bond acceptors (Lipinski definition) is 3. The highest BCUT2D eigenvalue weighted by Gasteiger charge is 2.17. The minimum Gasteiger partial charge on any atom is -0.497 e. The molecule has 0 saturated carbocycles. The number of benzene rings is 2. The highest BCUT2D eigenvalue weighted by atomic mass is 16.5. The fraction of sp³-hybridized carbons (Fsp3) is 0.158. The van der Waals surface area contributed by atoms with Crippen LogP contribution in [0.5, 0.6) is 5.75 Å². The van der Waals surface area contributed by atoms with Crippen molar-refractivity contribution in [3.63, 3.8) is 0 Å². The van der Waals surface area contributed by atoms with Gasteiger partial charge in [-0.3, -0.25) is 9.78 Å². The fourth-order valence-corrected chi connectivity index (χ4v) is 2.54. The van der Waals surface area contributed by atoms with Crippen molar-refractivity contribution in [3.8, 4) is 5.75 Å². The van der Waals surface area contributed by atoms with Crippen LogP contribution in [0.25, 0.3) is 10.9 Å². The Kier molecular flexibility index (Phi) is 3.98. The molecule has 1 amide bonds. The summed E-state index contributed by atoms with van der Waals surface area (Å²) in [5, 5.41) is 0.889. The molecule has 23 heavy (non-hydrogen) atoms. The molecule has 0 aliphatic carbocycles. The molecule has 3 aromatic rings. The van der Waals surface area contributed by atoms with Gasteiger partial charge < -0.3 is 9.64 Å². The molecule has 0 bridgehead atoms. The highest BCUT2D eigenvalue weighted by molar-refractivity contribution is 6.08. The summed E-state index contributed by atoms with van der Waals surface area (Å²) in [5.74, 6) is 0.670. The van der Waals surface area contributed by atoms with E-state index in [0.29, 0.717) is 5.56 Å². The number of nitrogens with zero attached hydrogens (tertiary/aromatic N) is 2. The maximum Gasteiger partial charge on any atom is 0.259 e. The number of carbonyl (C=O) groups is 1. The molecule has 2 aromatic carbocycles. The Morgan fingerprint density at radius 1 is 1.09 bits per heavy atom. The van der Waals surface area contributed by atoms with Gasteiger partial charge in [0.25, 0.3) is 5.91 Å². The van der Waals surface area contributed by atoms with Crippen LogP contribution in [0.4, 0.5) is 5.69 Å². The number of pyridine rings is 1. The predicted octanol–water partition coefficient (Wildman–Crippen LogP) is 3.83. The van der Waals surface area contributed by atoms with Crippen LogP contribution in [-0.4, -0.2) is 25.0 Å². The maximum absolute atomic E-state index is 12.8. The van der Waals surface area contributed by atoms with Gasteiger partial charge in [0.1, 0.15) is 5.75 Å². The molecule has 0 saturated heterocycles. The first-order valence-corrected chi connectivity index (χ1v) is 7.38. The van der Waals surface area contributed by atoms with Crippen molar-refractivity contribution in [3.05, 3.63) is 65.9 Å². The number of methoxy groups -OCH3 is 1. The number of rotatable bonds is 3. The lowest BCUT2D eigenvalue weighted by Gasteiger charge is -2.18. The summed E-state index contributed by atoms with van der Waals surface area (Å²) < 4.78 is 5.25. The van der Waals surface area contributed by atoms with Crippen LogP contribution in [0.1, 0.15) is 16.1 Å². The van der Waals surface area contributed by atoms with Gasteiger partial charge in [0, 0.05) is 18.1 Å². The van der Waals surface area contributed by atoms with Crippen molar-refractivity contribution in [1.29, 1.82) is 0 Å². The average molecular weight is 306 g/mol. The van der Waals surface area contributed by atoms with Crippen molar-refractivity contribution in [1.82, 2.24) is 4.98 Å². The SMILES string of the molecule is COc1ccc2nc(C)c(C(=O)N(C)c3ccccc3)cc2c1. The lowest BCUT2D eigenvalue weighted by atomic mass is 10.1. The molecule has 0 unspecified atom stereocenters. The molecule has 0 aliphatic rings. The fourth-order valence-electron chi connectivity index (χ4n) is 2.54. The molecule has 4 heteroatoms. The zero-order valence-electron chi connectivity index (χ0n) is 13.4. The van der Waals surface area contributed by atoms with Crippen molar-refractivity contribution in [2.24, 2.45) is 0 Å². The number of ether oxygens (including phenoxy) is 1. The first-order chi connectivity index (χ1) is 11.1. The number of anilines is 1. The van der Waals surface area contributed by atoms with E-state index in [9.17, 15) is 4.79 Å². The minimum atomic E-state index is -0.0779. The third-order valence-corrected chi connectivity index (χ3v) is 3.89. The molecule has 0 fully saturated rings. The third-order valence-electron chi connectivity index (χ3n) is 3.89. The summed E-state index contributed by atoms with van der Waals surface area (Å²) >= 11 is 0. The van der Waals surface area contributed by atoms with Crippen LogP contribution in [0, 0.1) is 6.92 Å². The van der Waals surface area contributed by atoms with Gasteiger partial charge in [-0.25, -0.2) is 0 Å². The molecule has 1 heterocycles. The third kappa shape index (κ3) is 2.88. The Labute approximate surface area is 135 Å². The van der Waals surface area contributed by atoms with Crippen LogP contribution < -0.4 is 9.64 Å². The monoisotopic (exact) mass is 306 g/mol. The van der Waals surface area contributed by atoms with E-state index in [1.165, 1.54) is 0 Å². The molecule has 3 rings (SSSR count). The second kappa shape index (κ2) is 6.08. The van der Waals surface area contributed by atoms with E-state index in [2.05, 4.69) is 4.98 Å². The van der Waals surface area contributed by atoms with Crippen LogP contribution in [0.3, 0.4) is 0 Å². The normalized spacial score (nSPS) is 10.6. The van der Waals surface area contributed by atoms with E-state index in [-0.39, 0.29) is 5.91 Å². The van der Waals surface area contributed by atoms with E-state index in [1.54, 1.807) is 19.1 Å². The van der Waals surface area contributed by atoms with E-state index in [0.717, 1.165) is 28.0 Å². The zero-order chi connectivity index (χ0) is 16.4. The Morgan fingerprint density at radius 3 is 2.52 bits per heavy atom. The van der Waals surface area contributed by atoms with Crippen molar-refractivity contribution >= 4 is 22.5 Å². The van der Waals surface area contributed by atoms with Gasteiger partial charge in [-0.1, -0.05) is 18.2 Å². The number of amides is 1. The quantitative estimate of drug-likeness (QED) is 0.738. The molecule has 0 N–H and O–H groups in total. The van der Waals surface area contributed by atoms with Crippen LogP contribution >= 0.6 is 0 Å². The summed E-state index contributed by atoms with van der Waals surface area (Å²) in [6.07, 6.45) is 0. The summed E-state index contributed by atoms with van der Waals surface area (Å²) in [6, 6.07) is 17.1. The highest BCUT2D eigenvalue weighted by Crippen LogP contribution is 2.23. The lowest BCUT2D eigenvalue weighted by molar-refractivity contribution is 0.0992. The molecule has 0 radical (unpaired) electrons. The Hall–Kier alpha value is -2.88. The number of aromatic nitrogens is 1. The van der Waals surface area contributed by atoms with Crippen molar-refractivity contribution in [2.75, 3.05) is 19.1 Å². The van der Waals surface area contributed by atoms with Gasteiger partial charge in [0.2, 0.25) is 0 Å². The topological polar surface area (TPSA) is 42.4 Å². The first-order valence-electron chi connectivity index (χ1n) is 7.38. The molecule has 0 atom stereocenters. The van der Waals surface area contributed by atoms with E-state index in [4.69, 9.17) is 4.74 Å². The van der Waals surface area contributed by atoms with Gasteiger partial charge in [-0.2, -0.15) is 0 Å². The summed E-state index contributed by atoms with van der Waals surface area (Å²) in [5.41, 5.74) is 3.01. The molecule has 1 aromatic heterocycles. The van der Waals surface area contributed by atoms with E-state index in [1.807, 2.05) is 61.5 Å². The Bertz CT molecular complexity index is 860. The van der Waals surface area contributed by atoms with E-state index >= 15 is 0 Å². The molecular formula is C19H18N2O2. The first kappa shape index (κ1) is 15.0. The van der Waals surface area contributed by atoms with Gasteiger partial charge in [-0.15, -0.1) is 0 Å². The van der Waals surface area contributed by atoms with Gasteiger partial charge in [-0.05, 0) is 43.3 Å². The summed E-state index contributed by atoms with van der Waals surface area (Å²) in [7, 11) is 3.39. The minimum absolute atomic E-state index is 0.0779. The van der Waals surface area contributed by atoms with Gasteiger partial charge >= 0.3 is 0 Å². The predicted molar refractivity (Wildman–Crippen MR) is 92.2 cm³/mol. The number of aryl methyl sites for hydroxylation is 1. The van der Waals surface area contributed by atoms with Crippen molar-refractivity contribution in [2.45, 2.75) is 6.92 Å². The molecule has 0 aliphatic heterocycles. The Balaban J connectivity index is 2.04. The number of carbonyl (C=O) groups excluding carboxylic acids is 1. The summed E-state index contributed by atoms with van der Waals surface area (Å²) in [6.45, 7) is 1.86. The largest absolute Gasteiger partial charge is 0.497 e. The van der Waals surface area contributed by atoms with Gasteiger partial charge in [0.15, 0.2) is 0 Å². The van der Waals surface area contributed by atoms with E-state index < -0.39 is 0 Å². The molecular weight excluding hydrogens is 288 g/mol. The van der Waals surface area contributed by atoms with Crippen LogP contribution in [0.15, 0.2) is 54.6 Å². The standard InChI is InChI=1S/C19H18N2O2/c1-13-17(19(22)21(2)15-7-5-4-6-8-15)12-14-11-16(23-3)9-10-18(14)20-13/h4-12H,1-3H3. The second-order valence-electron chi connectivity index (χ2n) is 5.38. The Morgan fingerprint density at radius 2 is 1.83 bits per heavy atom. The second-order valence-corrected chi connectivity index (χ2v) is 5.38. The number of hydrogen-bond donors (Lipinski definition) is 0. The van der Waals surface area contributed by atoms with Gasteiger partial charge in [0.05, 0.1) is 23.9 Å². The maximum atomic E-state index is 12.8. The zero-order valence-corrected chi connectivity index (χ0v) is 13.4. The molecule has 4 nitrogen and oxygen atoms in total. The number of fused-ring (bicyclic) bond motifs is 1. The summed E-state index contributed by atoms with van der Waals surface area (Å²) in [4.78, 5) is 19.0. The molecule has 0 spiro atoms. The van der Waals surface area contributed by atoms with Crippen LogP contribution in [-0.2, 0) is 0 Å². The molecule has 116 valence electrons. The average Bonchev–Trinajstić information content (AvgIpc) is 2.60. The smallest absolute Gasteiger partial charge is 0.259 e. The van der Waals surface area contributed by atoms with Crippen molar-refractivity contribution < 1.29 is 9.53 Å². The van der Waals surface area contributed by atoms with Crippen LogP contribution in [0.2, 0.25) is 0 Å².